The fraction of sp³-hybridized carbons (Fsp3) is 0.0800. The van der Waals surface area contributed by atoms with Crippen LogP contribution in [-0.2, 0) is 6.54 Å². The molecule has 1 N–H and O–H groups in total. The fourth-order valence-electron chi connectivity index (χ4n) is 3.68. The molecule has 5 nitrogen and oxygen atoms in total. The van der Waals surface area contributed by atoms with Crippen molar-refractivity contribution in [2.24, 2.45) is 0 Å². The van der Waals surface area contributed by atoms with E-state index in [4.69, 9.17) is 4.98 Å². The lowest BCUT2D eigenvalue weighted by molar-refractivity contribution is 0.600. The van der Waals surface area contributed by atoms with Crippen molar-refractivity contribution in [3.8, 4) is 11.3 Å². The number of rotatable bonds is 6. The Hall–Kier alpha value is -3.83. The van der Waals surface area contributed by atoms with Gasteiger partial charge in [0.25, 0.3) is 5.78 Å². The highest BCUT2D eigenvalue weighted by Gasteiger charge is 2.21. The van der Waals surface area contributed by atoms with Gasteiger partial charge in [0.2, 0.25) is 0 Å². The van der Waals surface area contributed by atoms with Gasteiger partial charge < -0.3 is 5.32 Å². The predicted octanol–water partition coefficient (Wildman–Crippen LogP) is 4.67. The van der Waals surface area contributed by atoms with E-state index in [1.165, 1.54) is 17.5 Å². The highest BCUT2D eigenvalue weighted by Crippen LogP contribution is 2.31. The Bertz CT molecular complexity index is 1230. The molecule has 1 unspecified atom stereocenters. The largest absolute Gasteiger partial charge is 0.302 e. The van der Waals surface area contributed by atoms with Crippen LogP contribution in [0, 0.1) is 0 Å². The Balaban J connectivity index is 1.64. The Morgan fingerprint density at radius 1 is 0.800 bits per heavy atom. The highest BCUT2D eigenvalue weighted by molar-refractivity contribution is 5.66. The lowest BCUT2D eigenvalue weighted by atomic mass is 9.95. The molecule has 146 valence electrons. The van der Waals surface area contributed by atoms with Gasteiger partial charge >= 0.3 is 0 Å². The minimum Gasteiger partial charge on any atom is -0.302 e. The number of hydrogen-bond acceptors (Lipinski definition) is 4. The van der Waals surface area contributed by atoms with E-state index in [0.717, 1.165) is 23.4 Å². The summed E-state index contributed by atoms with van der Waals surface area (Å²) in [6.45, 7) is 0.740. The van der Waals surface area contributed by atoms with Crippen LogP contribution in [0.1, 0.15) is 22.7 Å². The van der Waals surface area contributed by atoms with Crippen molar-refractivity contribution in [1.29, 1.82) is 0 Å². The maximum atomic E-state index is 4.86. The van der Waals surface area contributed by atoms with E-state index in [2.05, 4.69) is 76.1 Å². The second kappa shape index (κ2) is 8.27. The third kappa shape index (κ3) is 3.71. The molecule has 0 aliphatic carbocycles. The molecule has 5 heteroatoms. The van der Waals surface area contributed by atoms with E-state index >= 15 is 0 Å². The van der Waals surface area contributed by atoms with Crippen molar-refractivity contribution in [2.45, 2.75) is 12.6 Å². The lowest BCUT2D eigenvalue weighted by Gasteiger charge is -2.22. The van der Waals surface area contributed by atoms with Gasteiger partial charge in [0.05, 0.1) is 11.7 Å². The minimum atomic E-state index is -0.0530. The summed E-state index contributed by atoms with van der Waals surface area (Å²) in [5, 5.41) is 8.06. The molecule has 3 aromatic carbocycles. The van der Waals surface area contributed by atoms with Gasteiger partial charge in [-0.25, -0.2) is 9.50 Å². The predicted molar refractivity (Wildman–Crippen MR) is 118 cm³/mol. The number of fused-ring (bicyclic) bond motifs is 1. The summed E-state index contributed by atoms with van der Waals surface area (Å²) in [7, 11) is 0. The molecule has 2 aromatic heterocycles. The number of nitrogens with zero attached hydrogens (tertiary/aromatic N) is 4. The van der Waals surface area contributed by atoms with Gasteiger partial charge in [-0.1, -0.05) is 91.0 Å². The summed E-state index contributed by atoms with van der Waals surface area (Å²) in [5.41, 5.74) is 5.42. The molecule has 0 amide bonds. The Labute approximate surface area is 175 Å². The van der Waals surface area contributed by atoms with Crippen molar-refractivity contribution < 1.29 is 0 Å². The molecule has 0 saturated heterocycles. The van der Waals surface area contributed by atoms with E-state index in [-0.39, 0.29) is 6.04 Å². The van der Waals surface area contributed by atoms with Gasteiger partial charge in [-0.15, -0.1) is 0 Å². The average molecular weight is 391 g/mol. The first-order valence-electron chi connectivity index (χ1n) is 9.96. The van der Waals surface area contributed by atoms with Crippen LogP contribution in [-0.4, -0.2) is 19.6 Å². The van der Waals surface area contributed by atoms with Gasteiger partial charge in [0.15, 0.2) is 0 Å². The van der Waals surface area contributed by atoms with Crippen LogP contribution in [0.15, 0.2) is 104 Å². The topological polar surface area (TPSA) is 55.1 Å². The highest BCUT2D eigenvalue weighted by atomic mass is 15.3. The molecule has 0 radical (unpaired) electrons. The molecule has 0 bridgehead atoms. The molecular weight excluding hydrogens is 370 g/mol. The molecule has 30 heavy (non-hydrogen) atoms. The monoisotopic (exact) mass is 391 g/mol. The second-order valence-electron chi connectivity index (χ2n) is 7.13. The Morgan fingerprint density at radius 2 is 1.47 bits per heavy atom. The molecule has 5 aromatic rings. The average Bonchev–Trinajstić information content (AvgIpc) is 3.28. The standard InChI is InChI=1S/C25H21N5/c1-4-10-19(11-5-1)16-26-23(20-12-6-2-7-13-20)22-17-30-25(27-18-28-30)29-24(22)21-14-8-3-9-15-21/h1-15,17-18,23,26H,16H2. The van der Waals surface area contributed by atoms with Crippen molar-refractivity contribution in [3.63, 3.8) is 0 Å². The number of aromatic nitrogens is 4. The zero-order valence-electron chi connectivity index (χ0n) is 16.4. The van der Waals surface area contributed by atoms with Gasteiger partial charge in [0.1, 0.15) is 6.33 Å². The fourth-order valence-corrected chi connectivity index (χ4v) is 3.68. The molecule has 0 spiro atoms. The van der Waals surface area contributed by atoms with Crippen LogP contribution in [0.2, 0.25) is 0 Å². The molecule has 2 heterocycles. The first kappa shape index (κ1) is 18.2. The van der Waals surface area contributed by atoms with E-state index in [1.807, 2.05) is 36.5 Å². The summed E-state index contributed by atoms with van der Waals surface area (Å²) >= 11 is 0. The van der Waals surface area contributed by atoms with E-state index in [9.17, 15) is 0 Å². The summed E-state index contributed by atoms with van der Waals surface area (Å²) < 4.78 is 1.74. The summed E-state index contributed by atoms with van der Waals surface area (Å²) in [6.07, 6.45) is 3.57. The Kier molecular flexibility index (Phi) is 5.02. The van der Waals surface area contributed by atoms with Crippen molar-refractivity contribution in [1.82, 2.24) is 24.9 Å². The van der Waals surface area contributed by atoms with Crippen LogP contribution in [0.3, 0.4) is 0 Å². The number of nitrogens with one attached hydrogen (secondary N) is 1. The minimum absolute atomic E-state index is 0.0530. The molecule has 0 fully saturated rings. The SMILES string of the molecule is c1ccc(CNC(c2ccccc2)c2cn3ncnc3nc2-c2ccccc2)cc1. The maximum Gasteiger partial charge on any atom is 0.252 e. The molecule has 0 aliphatic rings. The Morgan fingerprint density at radius 3 is 2.20 bits per heavy atom. The molecule has 0 aliphatic heterocycles. The van der Waals surface area contributed by atoms with Crippen LogP contribution < -0.4 is 5.32 Å². The summed E-state index contributed by atoms with van der Waals surface area (Å²) in [5.74, 6) is 0.590. The molecule has 5 rings (SSSR count). The number of hydrogen-bond donors (Lipinski definition) is 1. The second-order valence-corrected chi connectivity index (χ2v) is 7.13. The summed E-state index contributed by atoms with van der Waals surface area (Å²) in [4.78, 5) is 9.15. The molecular formula is C25H21N5. The van der Waals surface area contributed by atoms with Gasteiger partial charge in [0, 0.05) is 23.9 Å². The zero-order chi connectivity index (χ0) is 20.2. The third-order valence-corrected chi connectivity index (χ3v) is 5.15. The number of benzene rings is 3. The van der Waals surface area contributed by atoms with Crippen LogP contribution in [0.5, 0.6) is 0 Å². The van der Waals surface area contributed by atoms with Crippen molar-refractivity contribution in [3.05, 3.63) is 120 Å². The van der Waals surface area contributed by atoms with E-state index < -0.39 is 0 Å². The zero-order valence-corrected chi connectivity index (χ0v) is 16.4. The molecule has 1 atom stereocenters. The third-order valence-electron chi connectivity index (χ3n) is 5.15. The summed E-state index contributed by atoms with van der Waals surface area (Å²) in [6, 6.07) is 31.1. The lowest BCUT2D eigenvalue weighted by Crippen LogP contribution is -2.23. The maximum absolute atomic E-state index is 4.86. The first-order chi connectivity index (χ1) is 14.9. The van der Waals surface area contributed by atoms with Gasteiger partial charge in [-0.05, 0) is 11.1 Å². The van der Waals surface area contributed by atoms with Gasteiger partial charge in [-0.2, -0.15) is 10.1 Å². The van der Waals surface area contributed by atoms with Crippen LogP contribution in [0.25, 0.3) is 17.0 Å². The van der Waals surface area contributed by atoms with Crippen molar-refractivity contribution >= 4 is 5.78 Å². The smallest absolute Gasteiger partial charge is 0.252 e. The van der Waals surface area contributed by atoms with Crippen LogP contribution in [0.4, 0.5) is 0 Å². The quantitative estimate of drug-likeness (QED) is 0.457. The normalized spacial score (nSPS) is 12.1. The van der Waals surface area contributed by atoms with E-state index in [1.54, 1.807) is 4.52 Å². The van der Waals surface area contributed by atoms with Crippen molar-refractivity contribution in [2.75, 3.05) is 0 Å². The van der Waals surface area contributed by atoms with E-state index in [0.29, 0.717) is 5.78 Å². The molecule has 0 saturated carbocycles. The van der Waals surface area contributed by atoms with Crippen LogP contribution >= 0.6 is 0 Å². The van der Waals surface area contributed by atoms with Gasteiger partial charge in [-0.3, -0.25) is 0 Å². The first-order valence-corrected chi connectivity index (χ1v) is 9.96.